The average molecular weight is 286 g/mol. The summed E-state index contributed by atoms with van der Waals surface area (Å²) >= 11 is 0. The first kappa shape index (κ1) is 15.7. The quantitative estimate of drug-likeness (QED) is 0.849. The van der Waals surface area contributed by atoms with E-state index in [1.807, 2.05) is 18.3 Å². The number of aromatic nitrogens is 3. The van der Waals surface area contributed by atoms with Crippen molar-refractivity contribution in [2.24, 2.45) is 5.92 Å². The number of rotatable bonds is 7. The molecule has 2 aromatic rings. The minimum atomic E-state index is 0.624. The first-order valence-electron chi connectivity index (χ1n) is 7.75. The molecule has 2 aromatic heterocycles. The highest BCUT2D eigenvalue weighted by Gasteiger charge is 2.14. The van der Waals surface area contributed by atoms with Crippen LogP contribution in [0.3, 0.4) is 0 Å². The van der Waals surface area contributed by atoms with E-state index in [1.165, 1.54) is 5.69 Å². The highest BCUT2D eigenvalue weighted by atomic mass is 15.1. The summed E-state index contributed by atoms with van der Waals surface area (Å²) in [7, 11) is 0. The highest BCUT2D eigenvalue weighted by Crippen LogP contribution is 2.13. The second-order valence-electron chi connectivity index (χ2n) is 5.99. The second-order valence-corrected chi connectivity index (χ2v) is 5.99. The fourth-order valence-electron chi connectivity index (χ4n) is 2.52. The Bertz CT molecular complexity index is 545. The average Bonchev–Trinajstić information content (AvgIpc) is 2.80. The minimum absolute atomic E-state index is 0.624. The predicted octanol–water partition coefficient (Wildman–Crippen LogP) is 3.33. The smallest absolute Gasteiger partial charge is 0.106 e. The molecule has 21 heavy (non-hydrogen) atoms. The monoisotopic (exact) mass is 286 g/mol. The van der Waals surface area contributed by atoms with Crippen LogP contribution < -0.4 is 0 Å². The molecule has 2 heterocycles. The fraction of sp³-hybridized carbons (Fsp3) is 0.529. The van der Waals surface area contributed by atoms with Crippen LogP contribution in [-0.4, -0.2) is 26.4 Å². The molecule has 4 nitrogen and oxygen atoms in total. The molecule has 0 amide bonds. The van der Waals surface area contributed by atoms with E-state index in [9.17, 15) is 0 Å². The van der Waals surface area contributed by atoms with Crippen molar-refractivity contribution >= 4 is 0 Å². The zero-order chi connectivity index (χ0) is 15.2. The Kier molecular flexibility index (Phi) is 5.51. The maximum Gasteiger partial charge on any atom is 0.106 e. The zero-order valence-electron chi connectivity index (χ0n) is 13.6. The molecule has 0 aliphatic carbocycles. The molecule has 0 aromatic carbocycles. The van der Waals surface area contributed by atoms with Crippen LogP contribution in [0.5, 0.6) is 0 Å². The van der Waals surface area contributed by atoms with Crippen molar-refractivity contribution in [1.82, 2.24) is 19.9 Å². The molecule has 0 aliphatic heterocycles. The van der Waals surface area contributed by atoms with Gasteiger partial charge in [0.25, 0.3) is 0 Å². The number of imidazole rings is 1. The van der Waals surface area contributed by atoms with Gasteiger partial charge < -0.3 is 4.98 Å². The van der Waals surface area contributed by atoms with Crippen molar-refractivity contribution in [1.29, 1.82) is 0 Å². The second kappa shape index (κ2) is 7.36. The van der Waals surface area contributed by atoms with Crippen LogP contribution in [0.1, 0.15) is 43.7 Å². The molecule has 0 bridgehead atoms. The van der Waals surface area contributed by atoms with E-state index in [-0.39, 0.29) is 0 Å². The highest BCUT2D eigenvalue weighted by molar-refractivity contribution is 5.13. The van der Waals surface area contributed by atoms with Crippen LogP contribution in [0.2, 0.25) is 0 Å². The Balaban J connectivity index is 2.10. The molecular weight excluding hydrogens is 260 g/mol. The van der Waals surface area contributed by atoms with Gasteiger partial charge in [0, 0.05) is 37.9 Å². The van der Waals surface area contributed by atoms with Gasteiger partial charge in [-0.15, -0.1) is 0 Å². The molecule has 0 saturated heterocycles. The number of hydrogen-bond donors (Lipinski definition) is 1. The Hall–Kier alpha value is -1.68. The summed E-state index contributed by atoms with van der Waals surface area (Å²) in [4.78, 5) is 14.9. The van der Waals surface area contributed by atoms with E-state index in [0.717, 1.165) is 43.3 Å². The lowest BCUT2D eigenvalue weighted by atomic mass is 10.2. The summed E-state index contributed by atoms with van der Waals surface area (Å²) in [6.07, 6.45) is 2.81. The molecule has 0 radical (unpaired) electrons. The van der Waals surface area contributed by atoms with Gasteiger partial charge in [0.15, 0.2) is 0 Å². The standard InChI is InChI=1S/C17H26N4/c1-5-17-19-14(4)16(20-17)12-21(10-13(2)3)11-15-8-6-7-9-18-15/h6-9,13H,5,10-12H2,1-4H3,(H,19,20). The minimum Gasteiger partial charge on any atom is -0.346 e. The van der Waals surface area contributed by atoms with Gasteiger partial charge in [-0.3, -0.25) is 9.88 Å². The van der Waals surface area contributed by atoms with Gasteiger partial charge in [0.1, 0.15) is 5.82 Å². The molecule has 114 valence electrons. The molecule has 0 saturated carbocycles. The molecule has 0 spiro atoms. The normalized spacial score (nSPS) is 11.5. The number of nitrogens with one attached hydrogen (secondary N) is 1. The van der Waals surface area contributed by atoms with Gasteiger partial charge in [-0.2, -0.15) is 0 Å². The van der Waals surface area contributed by atoms with Gasteiger partial charge in [-0.25, -0.2) is 4.98 Å². The number of hydrogen-bond acceptors (Lipinski definition) is 3. The van der Waals surface area contributed by atoms with Crippen molar-refractivity contribution in [2.75, 3.05) is 6.54 Å². The fourth-order valence-corrected chi connectivity index (χ4v) is 2.52. The number of pyridine rings is 1. The van der Waals surface area contributed by atoms with Gasteiger partial charge in [0.2, 0.25) is 0 Å². The third-order valence-electron chi connectivity index (χ3n) is 3.48. The van der Waals surface area contributed by atoms with E-state index in [2.05, 4.69) is 48.6 Å². The van der Waals surface area contributed by atoms with Crippen LogP contribution in [0.25, 0.3) is 0 Å². The summed E-state index contributed by atoms with van der Waals surface area (Å²) in [5.41, 5.74) is 3.45. The van der Waals surface area contributed by atoms with Gasteiger partial charge >= 0.3 is 0 Å². The molecule has 0 fully saturated rings. The third-order valence-corrected chi connectivity index (χ3v) is 3.48. The summed E-state index contributed by atoms with van der Waals surface area (Å²) in [6, 6.07) is 6.09. The molecule has 4 heteroatoms. The maximum absolute atomic E-state index is 4.70. The summed E-state index contributed by atoms with van der Waals surface area (Å²) in [5.74, 6) is 1.70. The third kappa shape index (κ3) is 4.67. The van der Waals surface area contributed by atoms with Crippen molar-refractivity contribution in [3.8, 4) is 0 Å². The molecule has 2 rings (SSSR count). The first-order valence-corrected chi connectivity index (χ1v) is 7.75. The Morgan fingerprint density at radius 3 is 2.62 bits per heavy atom. The molecule has 0 aliphatic rings. The zero-order valence-corrected chi connectivity index (χ0v) is 13.6. The summed E-state index contributed by atoms with van der Waals surface area (Å²) in [5, 5.41) is 0. The number of H-pyrrole nitrogens is 1. The molecular formula is C17H26N4. The van der Waals surface area contributed by atoms with Crippen LogP contribution in [-0.2, 0) is 19.5 Å². The van der Waals surface area contributed by atoms with Crippen molar-refractivity contribution < 1.29 is 0 Å². The molecule has 0 unspecified atom stereocenters. The Labute approximate surface area is 127 Å². The number of aromatic amines is 1. The summed E-state index contributed by atoms with van der Waals surface area (Å²) < 4.78 is 0. The van der Waals surface area contributed by atoms with E-state index >= 15 is 0 Å². The molecule has 1 N–H and O–H groups in total. The Morgan fingerprint density at radius 1 is 1.24 bits per heavy atom. The van der Waals surface area contributed by atoms with Crippen LogP contribution in [0.15, 0.2) is 24.4 Å². The Morgan fingerprint density at radius 2 is 2.05 bits per heavy atom. The van der Waals surface area contributed by atoms with Crippen LogP contribution in [0, 0.1) is 12.8 Å². The van der Waals surface area contributed by atoms with Gasteiger partial charge in [-0.1, -0.05) is 26.8 Å². The van der Waals surface area contributed by atoms with Crippen LogP contribution >= 0.6 is 0 Å². The lowest BCUT2D eigenvalue weighted by molar-refractivity contribution is 0.222. The van der Waals surface area contributed by atoms with E-state index in [0.29, 0.717) is 5.92 Å². The first-order chi connectivity index (χ1) is 10.1. The summed E-state index contributed by atoms with van der Waals surface area (Å²) in [6.45, 7) is 11.5. The van der Waals surface area contributed by atoms with E-state index in [4.69, 9.17) is 4.98 Å². The van der Waals surface area contributed by atoms with Gasteiger partial charge in [-0.05, 0) is 25.0 Å². The predicted molar refractivity (Wildman–Crippen MR) is 85.9 cm³/mol. The largest absolute Gasteiger partial charge is 0.346 e. The van der Waals surface area contributed by atoms with Crippen molar-refractivity contribution in [3.05, 3.63) is 47.3 Å². The lowest BCUT2D eigenvalue weighted by Gasteiger charge is -2.23. The van der Waals surface area contributed by atoms with E-state index in [1.54, 1.807) is 0 Å². The van der Waals surface area contributed by atoms with E-state index < -0.39 is 0 Å². The number of aryl methyl sites for hydroxylation is 2. The topological polar surface area (TPSA) is 44.8 Å². The SMILES string of the molecule is CCc1nc(CN(Cc2ccccn2)CC(C)C)c(C)[nH]1. The lowest BCUT2D eigenvalue weighted by Crippen LogP contribution is -2.27. The molecule has 0 atom stereocenters. The van der Waals surface area contributed by atoms with Crippen LogP contribution in [0.4, 0.5) is 0 Å². The maximum atomic E-state index is 4.70. The van der Waals surface area contributed by atoms with Crippen molar-refractivity contribution in [3.63, 3.8) is 0 Å². The number of nitrogens with zero attached hydrogens (tertiary/aromatic N) is 3. The van der Waals surface area contributed by atoms with Crippen molar-refractivity contribution in [2.45, 2.75) is 47.2 Å². The van der Waals surface area contributed by atoms with Gasteiger partial charge in [0.05, 0.1) is 11.4 Å².